The number of aromatic nitrogens is 2. The van der Waals surface area contributed by atoms with E-state index in [0.717, 1.165) is 19.5 Å². The molecule has 1 atom stereocenters. The van der Waals surface area contributed by atoms with E-state index >= 15 is 0 Å². The summed E-state index contributed by atoms with van der Waals surface area (Å²) in [6, 6.07) is 11.4. The van der Waals surface area contributed by atoms with Crippen molar-refractivity contribution in [2.75, 3.05) is 33.2 Å². The Labute approximate surface area is 147 Å². The number of nitrogens with zero attached hydrogens (tertiary/aromatic N) is 3. The number of amides is 2. The summed E-state index contributed by atoms with van der Waals surface area (Å²) in [6.07, 6.45) is 2.47. The zero-order chi connectivity index (χ0) is 17.6. The van der Waals surface area contributed by atoms with Gasteiger partial charge in [-0.05, 0) is 18.1 Å². The van der Waals surface area contributed by atoms with Gasteiger partial charge in [-0.2, -0.15) is 5.10 Å². The molecule has 2 heterocycles. The van der Waals surface area contributed by atoms with E-state index in [0.29, 0.717) is 18.8 Å². The molecule has 1 aromatic carbocycles. The first kappa shape index (κ1) is 17.2. The van der Waals surface area contributed by atoms with Gasteiger partial charge in [-0.1, -0.05) is 30.3 Å². The van der Waals surface area contributed by atoms with Gasteiger partial charge in [0.2, 0.25) is 5.91 Å². The number of hydrogen-bond donors (Lipinski definition) is 2. The molecule has 1 saturated heterocycles. The van der Waals surface area contributed by atoms with Crippen LogP contribution in [0.2, 0.25) is 0 Å². The van der Waals surface area contributed by atoms with Crippen molar-refractivity contribution in [1.29, 1.82) is 0 Å². The summed E-state index contributed by atoms with van der Waals surface area (Å²) in [4.78, 5) is 28.8. The lowest BCUT2D eigenvalue weighted by molar-refractivity contribution is -0.127. The molecule has 1 aliphatic rings. The SMILES string of the molecule is CNC(=O)C1CN(CCc2ccccc2)CCN1C(=O)c1ccn[nH]1. The minimum absolute atomic E-state index is 0.141. The van der Waals surface area contributed by atoms with Gasteiger partial charge in [0.1, 0.15) is 11.7 Å². The minimum atomic E-state index is -0.495. The molecule has 2 N–H and O–H groups in total. The molecule has 132 valence electrons. The van der Waals surface area contributed by atoms with E-state index in [-0.39, 0.29) is 11.8 Å². The van der Waals surface area contributed by atoms with Crippen LogP contribution in [0.1, 0.15) is 16.1 Å². The second-order valence-electron chi connectivity index (χ2n) is 6.14. The Balaban J connectivity index is 1.66. The third-order valence-corrected chi connectivity index (χ3v) is 4.57. The van der Waals surface area contributed by atoms with Crippen LogP contribution >= 0.6 is 0 Å². The van der Waals surface area contributed by atoms with Crippen LogP contribution in [0.3, 0.4) is 0 Å². The highest BCUT2D eigenvalue weighted by Crippen LogP contribution is 2.14. The van der Waals surface area contributed by atoms with Crippen molar-refractivity contribution in [1.82, 2.24) is 25.3 Å². The fourth-order valence-electron chi connectivity index (χ4n) is 3.14. The summed E-state index contributed by atoms with van der Waals surface area (Å²) < 4.78 is 0. The zero-order valence-corrected chi connectivity index (χ0v) is 14.3. The summed E-state index contributed by atoms with van der Waals surface area (Å²) >= 11 is 0. The third-order valence-electron chi connectivity index (χ3n) is 4.57. The Morgan fingerprint density at radius 3 is 2.72 bits per heavy atom. The highest BCUT2D eigenvalue weighted by Gasteiger charge is 2.35. The number of piperazine rings is 1. The van der Waals surface area contributed by atoms with Gasteiger partial charge < -0.3 is 10.2 Å². The topological polar surface area (TPSA) is 81.3 Å². The first-order valence-electron chi connectivity index (χ1n) is 8.47. The second kappa shape index (κ2) is 7.94. The van der Waals surface area contributed by atoms with Crippen LogP contribution < -0.4 is 5.32 Å². The average molecular weight is 341 g/mol. The summed E-state index contributed by atoms with van der Waals surface area (Å²) in [5.41, 5.74) is 1.68. The number of rotatable bonds is 5. The lowest BCUT2D eigenvalue weighted by Crippen LogP contribution is -2.60. The first-order valence-corrected chi connectivity index (χ1v) is 8.47. The van der Waals surface area contributed by atoms with Crippen LogP contribution in [0, 0.1) is 0 Å². The molecule has 7 nitrogen and oxygen atoms in total. The Bertz CT molecular complexity index is 702. The van der Waals surface area contributed by atoms with Crippen LogP contribution in [0.5, 0.6) is 0 Å². The van der Waals surface area contributed by atoms with Gasteiger partial charge in [-0.15, -0.1) is 0 Å². The number of carbonyl (C=O) groups excluding carboxylic acids is 2. The summed E-state index contributed by atoms with van der Waals surface area (Å²) in [5, 5.41) is 9.18. The monoisotopic (exact) mass is 341 g/mol. The Hall–Kier alpha value is -2.67. The van der Waals surface area contributed by atoms with Gasteiger partial charge in [0.05, 0.1) is 0 Å². The van der Waals surface area contributed by atoms with Crippen molar-refractivity contribution < 1.29 is 9.59 Å². The van der Waals surface area contributed by atoms with Crippen LogP contribution in [-0.2, 0) is 11.2 Å². The lowest BCUT2D eigenvalue weighted by Gasteiger charge is -2.40. The largest absolute Gasteiger partial charge is 0.357 e. The number of nitrogens with one attached hydrogen (secondary N) is 2. The number of H-pyrrole nitrogens is 1. The highest BCUT2D eigenvalue weighted by atomic mass is 16.2. The van der Waals surface area contributed by atoms with E-state index < -0.39 is 6.04 Å². The van der Waals surface area contributed by atoms with E-state index in [2.05, 4.69) is 32.5 Å². The molecule has 0 saturated carbocycles. The molecule has 1 aliphatic heterocycles. The lowest BCUT2D eigenvalue weighted by atomic mass is 10.1. The van der Waals surface area contributed by atoms with E-state index in [9.17, 15) is 9.59 Å². The van der Waals surface area contributed by atoms with E-state index in [1.165, 1.54) is 11.8 Å². The number of likely N-dealkylation sites (N-methyl/N-ethyl adjacent to an activating group) is 1. The van der Waals surface area contributed by atoms with E-state index in [1.54, 1.807) is 18.0 Å². The normalized spacial score (nSPS) is 18.1. The van der Waals surface area contributed by atoms with Crippen LogP contribution in [0.25, 0.3) is 0 Å². The number of benzene rings is 1. The molecular weight excluding hydrogens is 318 g/mol. The van der Waals surface area contributed by atoms with Crippen LogP contribution in [-0.4, -0.2) is 71.1 Å². The molecule has 1 aromatic heterocycles. The number of aromatic amines is 1. The van der Waals surface area contributed by atoms with Crippen molar-refractivity contribution >= 4 is 11.8 Å². The van der Waals surface area contributed by atoms with Crippen molar-refractivity contribution in [2.24, 2.45) is 0 Å². The maximum Gasteiger partial charge on any atom is 0.272 e. The predicted octanol–water partition coefficient (Wildman–Crippen LogP) is 0.525. The average Bonchev–Trinajstić information content (AvgIpc) is 3.20. The molecule has 25 heavy (non-hydrogen) atoms. The van der Waals surface area contributed by atoms with E-state index in [1.807, 2.05) is 18.2 Å². The molecule has 0 radical (unpaired) electrons. The molecule has 1 fully saturated rings. The minimum Gasteiger partial charge on any atom is -0.357 e. The Morgan fingerprint density at radius 2 is 2.04 bits per heavy atom. The zero-order valence-electron chi connectivity index (χ0n) is 14.3. The fraction of sp³-hybridized carbons (Fsp3) is 0.389. The van der Waals surface area contributed by atoms with Crippen molar-refractivity contribution in [3.05, 3.63) is 53.9 Å². The van der Waals surface area contributed by atoms with Crippen LogP contribution in [0.15, 0.2) is 42.6 Å². The number of hydrogen-bond acceptors (Lipinski definition) is 4. The van der Waals surface area contributed by atoms with Gasteiger partial charge >= 0.3 is 0 Å². The molecule has 0 aliphatic carbocycles. The third kappa shape index (κ3) is 4.06. The molecular formula is C18H23N5O2. The van der Waals surface area contributed by atoms with Crippen LogP contribution in [0.4, 0.5) is 0 Å². The maximum atomic E-state index is 12.6. The Morgan fingerprint density at radius 1 is 1.24 bits per heavy atom. The van der Waals surface area contributed by atoms with Gasteiger partial charge in [-0.25, -0.2) is 0 Å². The predicted molar refractivity (Wildman–Crippen MR) is 94.1 cm³/mol. The maximum absolute atomic E-state index is 12.6. The molecule has 7 heteroatoms. The van der Waals surface area contributed by atoms with Crippen molar-refractivity contribution in [3.8, 4) is 0 Å². The summed E-state index contributed by atoms with van der Waals surface area (Å²) in [7, 11) is 1.60. The van der Waals surface area contributed by atoms with Gasteiger partial charge in [0.25, 0.3) is 5.91 Å². The number of carbonyl (C=O) groups is 2. The van der Waals surface area contributed by atoms with Gasteiger partial charge in [-0.3, -0.25) is 19.6 Å². The molecule has 0 bridgehead atoms. The second-order valence-corrected chi connectivity index (χ2v) is 6.14. The van der Waals surface area contributed by atoms with Gasteiger partial charge in [0.15, 0.2) is 0 Å². The molecule has 0 spiro atoms. The molecule has 3 rings (SSSR count). The van der Waals surface area contributed by atoms with Crippen molar-refractivity contribution in [2.45, 2.75) is 12.5 Å². The smallest absolute Gasteiger partial charge is 0.272 e. The molecule has 2 aromatic rings. The highest BCUT2D eigenvalue weighted by molar-refractivity contribution is 5.96. The summed E-state index contributed by atoms with van der Waals surface area (Å²) in [6.45, 7) is 2.67. The first-order chi connectivity index (χ1) is 12.2. The Kier molecular flexibility index (Phi) is 5.45. The fourth-order valence-corrected chi connectivity index (χ4v) is 3.14. The molecule has 1 unspecified atom stereocenters. The van der Waals surface area contributed by atoms with Gasteiger partial charge in [0, 0.05) is 39.4 Å². The van der Waals surface area contributed by atoms with Crippen molar-refractivity contribution in [3.63, 3.8) is 0 Å². The standard InChI is InChI=1S/C18H23N5O2/c1-19-17(24)16-13-22(10-8-14-5-3-2-4-6-14)11-12-23(16)18(25)15-7-9-20-21-15/h2-7,9,16H,8,10-13H2,1H3,(H,19,24)(H,20,21). The summed E-state index contributed by atoms with van der Waals surface area (Å²) in [5.74, 6) is -0.328. The quantitative estimate of drug-likeness (QED) is 0.831. The van der Waals surface area contributed by atoms with E-state index in [4.69, 9.17) is 0 Å². The molecule has 2 amide bonds.